The Balaban J connectivity index is 1.39. The van der Waals surface area contributed by atoms with E-state index in [0.717, 1.165) is 16.5 Å². The summed E-state index contributed by atoms with van der Waals surface area (Å²) in [5.41, 5.74) is 3.04. The van der Waals surface area contributed by atoms with Crippen molar-refractivity contribution in [3.05, 3.63) is 76.9 Å². The molecule has 2 amide bonds. The first-order chi connectivity index (χ1) is 15.6. The molecule has 0 saturated heterocycles. The summed E-state index contributed by atoms with van der Waals surface area (Å²) in [7, 11) is 0. The first-order valence-electron chi connectivity index (χ1n) is 10.1. The van der Waals surface area contributed by atoms with Crippen LogP contribution in [-0.4, -0.2) is 18.4 Å². The summed E-state index contributed by atoms with van der Waals surface area (Å²) in [5, 5.41) is 8.82. The summed E-state index contributed by atoms with van der Waals surface area (Å²) >= 11 is 3.36. The molecule has 1 aliphatic heterocycles. The Morgan fingerprint density at radius 1 is 1.22 bits per heavy atom. The zero-order valence-corrected chi connectivity index (χ0v) is 18.8. The van der Waals surface area contributed by atoms with Gasteiger partial charge >= 0.3 is 0 Å². The van der Waals surface area contributed by atoms with Gasteiger partial charge in [-0.2, -0.15) is 0 Å². The zero-order chi connectivity index (χ0) is 22.1. The molecular formula is C24H20N2O4S2. The minimum absolute atomic E-state index is 0.0109. The van der Waals surface area contributed by atoms with Crippen LogP contribution in [0.3, 0.4) is 0 Å². The molecule has 4 aromatic rings. The fourth-order valence-electron chi connectivity index (χ4n) is 3.63. The van der Waals surface area contributed by atoms with Crippen LogP contribution >= 0.6 is 23.1 Å². The highest BCUT2D eigenvalue weighted by Crippen LogP contribution is 2.34. The molecule has 2 aromatic heterocycles. The van der Waals surface area contributed by atoms with Gasteiger partial charge in [0.15, 0.2) is 12.4 Å². The lowest BCUT2D eigenvalue weighted by atomic mass is 10.1. The molecule has 162 valence electrons. The summed E-state index contributed by atoms with van der Waals surface area (Å²) in [6.45, 7) is 1.91. The van der Waals surface area contributed by atoms with E-state index in [1.165, 1.54) is 4.21 Å². The van der Waals surface area contributed by atoms with Gasteiger partial charge in [-0.1, -0.05) is 30.3 Å². The van der Waals surface area contributed by atoms with Crippen LogP contribution in [0.15, 0.2) is 68.6 Å². The Hall–Kier alpha value is -3.23. The predicted octanol–water partition coefficient (Wildman–Crippen LogP) is 5.61. The van der Waals surface area contributed by atoms with E-state index < -0.39 is 0 Å². The van der Waals surface area contributed by atoms with E-state index in [9.17, 15) is 9.59 Å². The first-order valence-corrected chi connectivity index (χ1v) is 12.0. The number of hydrogen-bond acceptors (Lipinski definition) is 6. The molecule has 0 aliphatic carbocycles. The highest BCUT2D eigenvalue weighted by atomic mass is 32.2. The molecule has 0 saturated carbocycles. The first kappa shape index (κ1) is 20.7. The number of fused-ring (bicyclic) bond motifs is 2. The number of carbonyl (C=O) groups excluding carboxylic acids is 2. The minimum atomic E-state index is -0.294. The molecule has 1 atom stereocenters. The number of amides is 2. The lowest BCUT2D eigenvalue weighted by Gasteiger charge is -2.20. The Morgan fingerprint density at radius 3 is 2.94 bits per heavy atom. The van der Waals surface area contributed by atoms with E-state index >= 15 is 0 Å². The molecule has 1 unspecified atom stereocenters. The number of furan rings is 1. The molecule has 6 nitrogen and oxygen atoms in total. The van der Waals surface area contributed by atoms with Crippen molar-refractivity contribution in [2.75, 3.05) is 11.9 Å². The summed E-state index contributed by atoms with van der Waals surface area (Å²) < 4.78 is 12.6. The molecule has 0 spiro atoms. The molecule has 2 aromatic carbocycles. The van der Waals surface area contributed by atoms with Crippen LogP contribution in [0, 0.1) is 0 Å². The number of anilines is 1. The van der Waals surface area contributed by atoms with Gasteiger partial charge in [-0.05, 0) is 42.1 Å². The fourth-order valence-corrected chi connectivity index (χ4v) is 5.44. The van der Waals surface area contributed by atoms with Crippen LogP contribution in [-0.2, 0) is 10.5 Å². The largest absolute Gasteiger partial charge is 0.482 e. The molecule has 8 heteroatoms. The second-order valence-electron chi connectivity index (χ2n) is 7.41. The van der Waals surface area contributed by atoms with Crippen LogP contribution in [0.25, 0.3) is 11.0 Å². The Bertz CT molecular complexity index is 1300. The van der Waals surface area contributed by atoms with Crippen LogP contribution in [0.2, 0.25) is 0 Å². The van der Waals surface area contributed by atoms with Gasteiger partial charge in [0.1, 0.15) is 11.3 Å². The van der Waals surface area contributed by atoms with E-state index in [1.54, 1.807) is 29.2 Å². The maximum absolute atomic E-state index is 13.2. The molecule has 5 rings (SSSR count). The molecule has 0 fully saturated rings. The Kier molecular flexibility index (Phi) is 5.63. The predicted molar refractivity (Wildman–Crippen MR) is 127 cm³/mol. The number of nitrogens with one attached hydrogen (secondary N) is 2. The van der Waals surface area contributed by atoms with E-state index in [0.29, 0.717) is 28.5 Å². The number of carbonyl (C=O) groups is 2. The van der Waals surface area contributed by atoms with E-state index in [4.69, 9.17) is 9.15 Å². The third-order valence-electron chi connectivity index (χ3n) is 5.24. The molecular weight excluding hydrogens is 444 g/mol. The Labute approximate surface area is 193 Å². The number of ether oxygens (including phenoxy) is 1. The molecule has 32 heavy (non-hydrogen) atoms. The van der Waals surface area contributed by atoms with Gasteiger partial charge in [0.05, 0.1) is 15.9 Å². The smallest absolute Gasteiger partial charge is 0.287 e. The van der Waals surface area contributed by atoms with Crippen molar-refractivity contribution in [1.29, 1.82) is 0 Å². The highest BCUT2D eigenvalue weighted by Gasteiger charge is 2.23. The zero-order valence-electron chi connectivity index (χ0n) is 17.2. The van der Waals surface area contributed by atoms with Crippen molar-refractivity contribution in [2.24, 2.45) is 0 Å². The molecule has 0 radical (unpaired) electrons. The van der Waals surface area contributed by atoms with Gasteiger partial charge in [0.2, 0.25) is 0 Å². The lowest BCUT2D eigenvalue weighted by molar-refractivity contribution is -0.118. The van der Waals surface area contributed by atoms with Crippen LogP contribution in [0.1, 0.15) is 34.6 Å². The monoisotopic (exact) mass is 464 g/mol. The van der Waals surface area contributed by atoms with E-state index in [-0.39, 0.29) is 24.5 Å². The maximum atomic E-state index is 13.2. The summed E-state index contributed by atoms with van der Waals surface area (Å²) in [6, 6.07) is 17.0. The van der Waals surface area contributed by atoms with Crippen molar-refractivity contribution in [3.8, 4) is 5.75 Å². The number of para-hydroxylation sites is 1. The van der Waals surface area contributed by atoms with Crippen molar-refractivity contribution in [3.63, 3.8) is 0 Å². The minimum Gasteiger partial charge on any atom is -0.482 e. The third kappa shape index (κ3) is 4.11. The van der Waals surface area contributed by atoms with Crippen molar-refractivity contribution < 1.29 is 18.7 Å². The van der Waals surface area contributed by atoms with Crippen molar-refractivity contribution in [1.82, 2.24) is 5.32 Å². The third-order valence-corrected chi connectivity index (χ3v) is 7.40. The number of thioether (sulfide) groups is 1. The number of hydrogen-bond donors (Lipinski definition) is 2. The maximum Gasteiger partial charge on any atom is 0.287 e. The quantitative estimate of drug-likeness (QED) is 0.363. The molecule has 3 heterocycles. The van der Waals surface area contributed by atoms with E-state index in [2.05, 4.69) is 16.7 Å². The van der Waals surface area contributed by atoms with Gasteiger partial charge in [0.25, 0.3) is 11.8 Å². The average Bonchev–Trinajstić information content (AvgIpc) is 3.44. The molecule has 1 aliphatic rings. The van der Waals surface area contributed by atoms with Gasteiger partial charge in [-0.15, -0.1) is 23.1 Å². The second kappa shape index (κ2) is 8.72. The average molecular weight is 465 g/mol. The van der Waals surface area contributed by atoms with Gasteiger partial charge in [0, 0.05) is 16.7 Å². The van der Waals surface area contributed by atoms with E-state index in [1.807, 2.05) is 54.8 Å². The number of thiophene rings is 1. The van der Waals surface area contributed by atoms with Crippen LogP contribution in [0.4, 0.5) is 5.69 Å². The fraction of sp³-hybridized carbons (Fsp3) is 0.167. The van der Waals surface area contributed by atoms with Crippen molar-refractivity contribution >= 4 is 51.6 Å². The normalized spacial score (nSPS) is 13.8. The summed E-state index contributed by atoms with van der Waals surface area (Å²) in [5.74, 6) is 1.13. The highest BCUT2D eigenvalue weighted by molar-refractivity contribution is 8.00. The molecule has 0 bridgehead atoms. The standard InChI is InChI=1S/C24H20N2O4S2/c1-14(15-8-9-20-18(11-15)26-21(27)12-29-20)25-24(28)23-17(13-32-22-7-4-10-31-22)16-5-2-3-6-19(16)30-23/h2-11,14H,12-13H2,1H3,(H,25,28)(H,26,27). The van der Waals surface area contributed by atoms with Gasteiger partial charge in [-0.25, -0.2) is 0 Å². The van der Waals surface area contributed by atoms with Gasteiger partial charge in [-0.3, -0.25) is 9.59 Å². The van der Waals surface area contributed by atoms with Gasteiger partial charge < -0.3 is 19.8 Å². The SMILES string of the molecule is CC(NC(=O)c1oc2ccccc2c1CSc1cccs1)c1ccc2c(c1)NC(=O)CO2. The van der Waals surface area contributed by atoms with Crippen LogP contribution < -0.4 is 15.4 Å². The number of benzene rings is 2. The lowest BCUT2D eigenvalue weighted by Crippen LogP contribution is -2.28. The molecule has 2 N–H and O–H groups in total. The topological polar surface area (TPSA) is 80.6 Å². The summed E-state index contributed by atoms with van der Waals surface area (Å²) in [4.78, 5) is 24.8. The van der Waals surface area contributed by atoms with Crippen LogP contribution in [0.5, 0.6) is 5.75 Å². The number of rotatable bonds is 6. The van der Waals surface area contributed by atoms with Crippen molar-refractivity contribution in [2.45, 2.75) is 22.9 Å². The Morgan fingerprint density at radius 2 is 2.09 bits per heavy atom. The summed E-state index contributed by atoms with van der Waals surface area (Å²) in [6.07, 6.45) is 0. The second-order valence-corrected chi connectivity index (χ2v) is 9.64.